The summed E-state index contributed by atoms with van der Waals surface area (Å²) in [6, 6.07) is 0. The minimum atomic E-state index is 0.385. The van der Waals surface area contributed by atoms with E-state index in [1.165, 1.54) is 12.8 Å². The van der Waals surface area contributed by atoms with E-state index in [9.17, 15) is 0 Å². The van der Waals surface area contributed by atoms with Gasteiger partial charge in [-0.15, -0.1) is 9.24 Å². The second kappa shape index (κ2) is 3.89. The average molecular weight is 202 g/mol. The van der Waals surface area contributed by atoms with Crippen LogP contribution in [0, 0.1) is 10.8 Å². The maximum Gasteiger partial charge on any atom is -0.0168 e. The molecular weight excluding hydrogens is 175 g/mol. The van der Waals surface area contributed by atoms with Gasteiger partial charge in [-0.1, -0.05) is 48.5 Å². The molecule has 0 nitrogen and oxygen atoms in total. The number of rotatable bonds is 2. The maximum atomic E-state index is 3.04. The predicted octanol–water partition coefficient (Wildman–Crippen LogP) is 4.49. The summed E-state index contributed by atoms with van der Waals surface area (Å²) in [6.45, 7) is 16.3. The SMILES string of the molecule is CC(C)(C)CC(C)(P)CC(C)(C)C. The van der Waals surface area contributed by atoms with E-state index in [2.05, 4.69) is 57.7 Å². The lowest BCUT2D eigenvalue weighted by Gasteiger charge is -2.37. The molecule has 80 valence electrons. The average Bonchev–Trinajstić information content (AvgIpc) is 1.43. The van der Waals surface area contributed by atoms with Crippen molar-refractivity contribution in [2.75, 3.05) is 0 Å². The highest BCUT2D eigenvalue weighted by Gasteiger charge is 2.29. The molecule has 13 heavy (non-hydrogen) atoms. The Balaban J connectivity index is 4.25. The molecule has 0 rings (SSSR count). The molecule has 0 saturated heterocycles. The van der Waals surface area contributed by atoms with Crippen molar-refractivity contribution in [1.29, 1.82) is 0 Å². The van der Waals surface area contributed by atoms with Gasteiger partial charge in [0.25, 0.3) is 0 Å². The summed E-state index contributed by atoms with van der Waals surface area (Å²) in [6.07, 6.45) is 2.53. The van der Waals surface area contributed by atoms with Crippen LogP contribution in [-0.2, 0) is 0 Å². The topological polar surface area (TPSA) is 0 Å². The molecule has 0 fully saturated rings. The Morgan fingerprint density at radius 2 is 0.923 bits per heavy atom. The Bertz CT molecular complexity index is 137. The molecule has 0 aliphatic rings. The Morgan fingerprint density at radius 1 is 0.692 bits per heavy atom. The highest BCUT2D eigenvalue weighted by Crippen LogP contribution is 2.41. The van der Waals surface area contributed by atoms with Crippen LogP contribution in [0.5, 0.6) is 0 Å². The quantitative estimate of drug-likeness (QED) is 0.579. The fourth-order valence-corrected chi connectivity index (χ4v) is 3.71. The zero-order chi connectivity index (χ0) is 10.9. The smallest absolute Gasteiger partial charge is 0.0168 e. The van der Waals surface area contributed by atoms with Crippen LogP contribution in [-0.4, -0.2) is 5.16 Å². The van der Waals surface area contributed by atoms with Crippen molar-refractivity contribution in [1.82, 2.24) is 0 Å². The van der Waals surface area contributed by atoms with Gasteiger partial charge in [0.05, 0.1) is 0 Å². The van der Waals surface area contributed by atoms with Crippen molar-refractivity contribution in [2.45, 2.75) is 66.5 Å². The molecule has 0 amide bonds. The van der Waals surface area contributed by atoms with E-state index < -0.39 is 0 Å². The molecule has 0 saturated carbocycles. The van der Waals surface area contributed by atoms with E-state index >= 15 is 0 Å². The third-order valence-corrected chi connectivity index (χ3v) is 2.28. The molecule has 0 bridgehead atoms. The van der Waals surface area contributed by atoms with Gasteiger partial charge in [-0.3, -0.25) is 0 Å². The lowest BCUT2D eigenvalue weighted by Crippen LogP contribution is -2.28. The molecule has 0 aliphatic heterocycles. The first-order chi connectivity index (χ1) is 5.41. The number of hydrogen-bond donors (Lipinski definition) is 0. The summed E-state index contributed by atoms with van der Waals surface area (Å²) >= 11 is 0. The van der Waals surface area contributed by atoms with E-state index in [4.69, 9.17) is 0 Å². The Hall–Kier alpha value is 0.430. The molecule has 0 radical (unpaired) electrons. The van der Waals surface area contributed by atoms with Crippen LogP contribution in [0.15, 0.2) is 0 Å². The lowest BCUT2D eigenvalue weighted by atomic mass is 9.77. The van der Waals surface area contributed by atoms with Gasteiger partial charge < -0.3 is 0 Å². The molecular formula is C12H27P. The van der Waals surface area contributed by atoms with Crippen molar-refractivity contribution in [3.8, 4) is 0 Å². The molecule has 1 atom stereocenters. The molecule has 0 aromatic rings. The summed E-state index contributed by atoms with van der Waals surface area (Å²) in [5.74, 6) is 0. The van der Waals surface area contributed by atoms with Gasteiger partial charge in [-0.05, 0) is 28.8 Å². The van der Waals surface area contributed by atoms with Gasteiger partial charge in [0.15, 0.2) is 0 Å². The van der Waals surface area contributed by atoms with E-state index in [0.29, 0.717) is 16.0 Å². The molecule has 0 aliphatic carbocycles. The minimum absolute atomic E-state index is 0.385. The van der Waals surface area contributed by atoms with Gasteiger partial charge >= 0.3 is 0 Å². The first-order valence-corrected chi connectivity index (χ1v) is 5.78. The highest BCUT2D eigenvalue weighted by atomic mass is 31.0. The number of hydrogen-bond acceptors (Lipinski definition) is 0. The van der Waals surface area contributed by atoms with Crippen molar-refractivity contribution in [3.05, 3.63) is 0 Å². The minimum Gasteiger partial charge on any atom is -0.131 e. The summed E-state index contributed by atoms with van der Waals surface area (Å²) in [5, 5.41) is 0.385. The summed E-state index contributed by atoms with van der Waals surface area (Å²) in [4.78, 5) is 0. The standard InChI is InChI=1S/C12H27P/c1-10(2,3)8-12(7,13)9-11(4,5)6/h8-9,13H2,1-7H3. The van der Waals surface area contributed by atoms with Crippen LogP contribution >= 0.6 is 9.24 Å². The van der Waals surface area contributed by atoms with Gasteiger partial charge in [0, 0.05) is 0 Å². The van der Waals surface area contributed by atoms with Crippen LogP contribution in [0.25, 0.3) is 0 Å². The third-order valence-electron chi connectivity index (χ3n) is 1.87. The van der Waals surface area contributed by atoms with Crippen LogP contribution < -0.4 is 0 Å². The Morgan fingerprint density at radius 3 is 1.08 bits per heavy atom. The predicted molar refractivity (Wildman–Crippen MR) is 66.3 cm³/mol. The van der Waals surface area contributed by atoms with Gasteiger partial charge in [0.2, 0.25) is 0 Å². The molecule has 0 N–H and O–H groups in total. The third kappa shape index (κ3) is 8.75. The van der Waals surface area contributed by atoms with Crippen molar-refractivity contribution in [3.63, 3.8) is 0 Å². The molecule has 0 heterocycles. The van der Waals surface area contributed by atoms with E-state index in [-0.39, 0.29) is 0 Å². The molecule has 1 unspecified atom stereocenters. The summed E-state index contributed by atoms with van der Waals surface area (Å²) < 4.78 is 0. The van der Waals surface area contributed by atoms with E-state index in [0.717, 1.165) is 0 Å². The normalized spacial score (nSPS) is 14.8. The van der Waals surface area contributed by atoms with E-state index in [1.54, 1.807) is 0 Å². The van der Waals surface area contributed by atoms with Crippen LogP contribution in [0.1, 0.15) is 61.3 Å². The molecule has 0 aromatic carbocycles. The van der Waals surface area contributed by atoms with E-state index in [1.807, 2.05) is 0 Å². The van der Waals surface area contributed by atoms with Gasteiger partial charge in [0.1, 0.15) is 0 Å². The van der Waals surface area contributed by atoms with Crippen molar-refractivity contribution in [2.24, 2.45) is 10.8 Å². The first-order valence-electron chi connectivity index (χ1n) is 5.20. The Labute approximate surface area is 87.1 Å². The highest BCUT2D eigenvalue weighted by molar-refractivity contribution is 7.18. The summed E-state index contributed by atoms with van der Waals surface area (Å²) in [5.41, 5.74) is 0.865. The lowest BCUT2D eigenvalue weighted by molar-refractivity contribution is 0.257. The maximum absolute atomic E-state index is 3.04. The van der Waals surface area contributed by atoms with Crippen LogP contribution in [0.4, 0.5) is 0 Å². The van der Waals surface area contributed by atoms with Crippen LogP contribution in [0.2, 0.25) is 0 Å². The fourth-order valence-electron chi connectivity index (χ4n) is 2.49. The largest absolute Gasteiger partial charge is 0.131 e. The fraction of sp³-hybridized carbons (Fsp3) is 1.00. The second-order valence-corrected chi connectivity index (χ2v) is 8.52. The Kier molecular flexibility index (Phi) is 4.02. The van der Waals surface area contributed by atoms with Crippen molar-refractivity contribution >= 4 is 9.24 Å². The van der Waals surface area contributed by atoms with Crippen LogP contribution in [0.3, 0.4) is 0 Å². The molecule has 1 heteroatoms. The molecule has 0 aromatic heterocycles. The first kappa shape index (κ1) is 13.4. The zero-order valence-electron chi connectivity index (χ0n) is 10.5. The summed E-state index contributed by atoms with van der Waals surface area (Å²) in [7, 11) is 3.04. The zero-order valence-corrected chi connectivity index (χ0v) is 11.6. The van der Waals surface area contributed by atoms with Crippen molar-refractivity contribution < 1.29 is 0 Å². The molecule has 0 spiro atoms. The van der Waals surface area contributed by atoms with Gasteiger partial charge in [-0.25, -0.2) is 0 Å². The second-order valence-electron chi connectivity index (χ2n) is 7.13. The monoisotopic (exact) mass is 202 g/mol. The van der Waals surface area contributed by atoms with Gasteiger partial charge in [-0.2, -0.15) is 0 Å².